The summed E-state index contributed by atoms with van der Waals surface area (Å²) in [5.41, 5.74) is -0.0701. The number of carbonyl (C=O) groups excluding carboxylic acids is 3. The third kappa shape index (κ3) is 9.23. The first-order chi connectivity index (χ1) is 18.0. The van der Waals surface area contributed by atoms with Crippen molar-refractivity contribution in [3.05, 3.63) is 36.4 Å². The van der Waals surface area contributed by atoms with Crippen LogP contribution in [-0.4, -0.2) is 53.1 Å². The largest absolute Gasteiger partial charge is 0.508 e. The summed E-state index contributed by atoms with van der Waals surface area (Å²) in [6, 6.07) is 8.87. The number of ether oxygens (including phenoxy) is 1. The van der Waals surface area contributed by atoms with Crippen molar-refractivity contribution in [2.24, 2.45) is 5.92 Å². The van der Waals surface area contributed by atoms with Crippen molar-refractivity contribution in [2.75, 3.05) is 18.9 Å². The molecule has 3 rings (SSSR count). The Labute approximate surface area is 226 Å². The molecule has 0 spiro atoms. The summed E-state index contributed by atoms with van der Waals surface area (Å²) in [6.07, 6.45) is 8.62. The van der Waals surface area contributed by atoms with E-state index in [1.54, 1.807) is 63.1 Å². The van der Waals surface area contributed by atoms with Crippen LogP contribution >= 0.6 is 0 Å². The molecule has 1 aliphatic rings. The number of nitrogens with zero attached hydrogens (tertiary/aromatic N) is 1. The summed E-state index contributed by atoms with van der Waals surface area (Å²) < 4.78 is 5.41. The topological polar surface area (TPSA) is 108 Å². The number of phenols is 1. The van der Waals surface area contributed by atoms with Crippen molar-refractivity contribution < 1.29 is 24.2 Å². The van der Waals surface area contributed by atoms with Crippen molar-refractivity contribution in [3.63, 3.8) is 0 Å². The monoisotopic (exact) mass is 525 g/mol. The molecule has 0 aromatic heterocycles. The van der Waals surface area contributed by atoms with Gasteiger partial charge in [0.05, 0.1) is 5.69 Å². The number of aromatic hydroxyl groups is 1. The highest BCUT2D eigenvalue weighted by Gasteiger charge is 2.27. The average Bonchev–Trinajstić information content (AvgIpc) is 2.85. The van der Waals surface area contributed by atoms with Gasteiger partial charge in [-0.3, -0.25) is 9.59 Å². The lowest BCUT2D eigenvalue weighted by Gasteiger charge is -2.27. The molecule has 0 unspecified atom stereocenters. The second-order valence-electron chi connectivity index (χ2n) is 11.4. The van der Waals surface area contributed by atoms with E-state index in [1.165, 1.54) is 32.1 Å². The van der Waals surface area contributed by atoms with Crippen LogP contribution in [0.5, 0.6) is 5.75 Å². The third-order valence-corrected chi connectivity index (χ3v) is 6.98. The molecule has 0 aliphatic heterocycles. The van der Waals surface area contributed by atoms with Crippen LogP contribution in [0.1, 0.15) is 78.6 Å². The highest BCUT2D eigenvalue weighted by molar-refractivity contribution is 6.03. The number of likely N-dealkylation sites (N-methyl/N-ethyl adjacent to an activating group) is 1. The Balaban J connectivity index is 1.64. The van der Waals surface area contributed by atoms with Gasteiger partial charge in [0.15, 0.2) is 0 Å². The van der Waals surface area contributed by atoms with Crippen LogP contribution in [0.4, 0.5) is 10.5 Å². The number of urea groups is 1. The highest BCUT2D eigenvalue weighted by atomic mass is 16.6. The molecule has 0 saturated heterocycles. The molecule has 1 aliphatic carbocycles. The van der Waals surface area contributed by atoms with Crippen LogP contribution in [-0.2, 0) is 14.3 Å². The molecule has 0 heterocycles. The number of rotatable bonds is 10. The van der Waals surface area contributed by atoms with Crippen LogP contribution in [0.2, 0.25) is 0 Å². The van der Waals surface area contributed by atoms with E-state index in [0.717, 1.165) is 29.5 Å². The Morgan fingerprint density at radius 1 is 1.11 bits per heavy atom. The first-order valence-corrected chi connectivity index (χ1v) is 13.8. The molecular formula is C30H43N3O5. The summed E-state index contributed by atoms with van der Waals surface area (Å²) in [6.45, 7) is 5.99. The molecule has 1 saturated carbocycles. The first-order valence-electron chi connectivity index (χ1n) is 13.8. The Kier molecular flexibility index (Phi) is 10.4. The van der Waals surface area contributed by atoms with E-state index >= 15 is 0 Å². The van der Waals surface area contributed by atoms with Gasteiger partial charge in [-0.25, -0.2) is 4.79 Å². The number of phenolic OH excluding ortho intramolecular Hbond substituents is 1. The predicted molar refractivity (Wildman–Crippen MR) is 150 cm³/mol. The van der Waals surface area contributed by atoms with Gasteiger partial charge in [0.25, 0.3) is 0 Å². The molecule has 208 valence electrons. The van der Waals surface area contributed by atoms with Gasteiger partial charge in [-0.05, 0) is 75.6 Å². The highest BCUT2D eigenvalue weighted by Crippen LogP contribution is 2.28. The minimum Gasteiger partial charge on any atom is -0.508 e. The van der Waals surface area contributed by atoms with Crippen molar-refractivity contribution >= 4 is 34.4 Å². The van der Waals surface area contributed by atoms with E-state index in [1.807, 2.05) is 6.07 Å². The van der Waals surface area contributed by atoms with Crippen LogP contribution in [0.3, 0.4) is 0 Å². The Morgan fingerprint density at radius 2 is 1.84 bits per heavy atom. The summed E-state index contributed by atoms with van der Waals surface area (Å²) >= 11 is 0. The van der Waals surface area contributed by atoms with Gasteiger partial charge in [0, 0.05) is 25.4 Å². The zero-order valence-electron chi connectivity index (χ0n) is 23.2. The number of anilines is 1. The maximum Gasteiger partial charge on any atom is 0.319 e. The molecule has 8 nitrogen and oxygen atoms in total. The quantitative estimate of drug-likeness (QED) is 0.331. The average molecular weight is 526 g/mol. The second-order valence-corrected chi connectivity index (χ2v) is 11.4. The van der Waals surface area contributed by atoms with Crippen LogP contribution in [0.15, 0.2) is 36.4 Å². The number of benzene rings is 2. The molecular weight excluding hydrogens is 482 g/mol. The number of carbonyl (C=O) groups is 3. The fourth-order valence-corrected chi connectivity index (χ4v) is 5.08. The Bertz CT molecular complexity index is 1100. The summed E-state index contributed by atoms with van der Waals surface area (Å²) in [5, 5.41) is 16.9. The van der Waals surface area contributed by atoms with E-state index in [0.29, 0.717) is 12.2 Å². The van der Waals surface area contributed by atoms with E-state index in [4.69, 9.17) is 4.74 Å². The molecule has 38 heavy (non-hydrogen) atoms. The Morgan fingerprint density at radius 3 is 2.55 bits per heavy atom. The molecule has 1 atom stereocenters. The SMILES string of the molecule is CN(CCCC1CCCCC1)C(=O)[C@H](CCC(=O)OC(C)(C)C)NC(=O)Nc1cccc2cc(O)ccc12. The summed E-state index contributed by atoms with van der Waals surface area (Å²) in [4.78, 5) is 40.4. The van der Waals surface area contributed by atoms with Crippen LogP contribution in [0.25, 0.3) is 10.8 Å². The minimum absolute atomic E-state index is 0.0113. The van der Waals surface area contributed by atoms with Gasteiger partial charge in [-0.15, -0.1) is 0 Å². The number of nitrogens with one attached hydrogen (secondary N) is 2. The number of fused-ring (bicyclic) bond motifs is 1. The second kappa shape index (κ2) is 13.5. The molecule has 0 radical (unpaired) electrons. The van der Waals surface area contributed by atoms with Gasteiger partial charge >= 0.3 is 12.0 Å². The Hall–Kier alpha value is -3.29. The van der Waals surface area contributed by atoms with Gasteiger partial charge in [-0.1, -0.05) is 44.2 Å². The molecule has 8 heteroatoms. The fraction of sp³-hybridized carbons (Fsp3) is 0.567. The lowest BCUT2D eigenvalue weighted by Crippen LogP contribution is -2.49. The molecule has 0 bridgehead atoms. The van der Waals surface area contributed by atoms with E-state index in [-0.39, 0.29) is 24.5 Å². The number of amides is 3. The zero-order valence-corrected chi connectivity index (χ0v) is 23.2. The van der Waals surface area contributed by atoms with E-state index < -0.39 is 23.6 Å². The van der Waals surface area contributed by atoms with E-state index in [2.05, 4.69) is 10.6 Å². The van der Waals surface area contributed by atoms with Crippen LogP contribution in [0, 0.1) is 5.92 Å². The molecule has 3 N–H and O–H groups in total. The normalized spacial score (nSPS) is 15.1. The van der Waals surface area contributed by atoms with Crippen molar-refractivity contribution in [1.82, 2.24) is 10.2 Å². The fourth-order valence-electron chi connectivity index (χ4n) is 5.08. The first kappa shape index (κ1) is 29.3. The van der Waals surface area contributed by atoms with Crippen molar-refractivity contribution in [3.8, 4) is 5.75 Å². The minimum atomic E-state index is -0.874. The smallest absolute Gasteiger partial charge is 0.319 e. The van der Waals surface area contributed by atoms with E-state index in [9.17, 15) is 19.5 Å². The number of hydrogen-bond donors (Lipinski definition) is 3. The standard InChI is InChI=1S/C30H43N3O5/c1-30(2,3)38-27(35)18-17-26(28(36)33(4)19-9-12-21-10-6-5-7-11-21)32-29(37)31-25-14-8-13-22-20-23(34)15-16-24(22)25/h8,13-16,20-21,26,34H,5-7,9-12,17-19H2,1-4H3,(H2,31,32,37)/t26-/m0/s1. The molecule has 1 fully saturated rings. The van der Waals surface area contributed by atoms with Crippen molar-refractivity contribution in [2.45, 2.75) is 90.2 Å². The summed E-state index contributed by atoms with van der Waals surface area (Å²) in [5.74, 6) is 0.238. The maximum absolute atomic E-state index is 13.4. The predicted octanol–water partition coefficient (Wildman–Crippen LogP) is 5.98. The third-order valence-electron chi connectivity index (χ3n) is 6.98. The lowest BCUT2D eigenvalue weighted by molar-refractivity contribution is -0.155. The van der Waals surface area contributed by atoms with Gasteiger partial charge in [-0.2, -0.15) is 0 Å². The van der Waals surface area contributed by atoms with Gasteiger partial charge in [0.1, 0.15) is 17.4 Å². The molecule has 2 aromatic carbocycles. The molecule has 2 aromatic rings. The van der Waals surface area contributed by atoms with Gasteiger partial charge < -0.3 is 25.4 Å². The zero-order chi connectivity index (χ0) is 27.7. The summed E-state index contributed by atoms with van der Waals surface area (Å²) in [7, 11) is 1.75. The maximum atomic E-state index is 13.4. The number of hydrogen-bond acceptors (Lipinski definition) is 5. The van der Waals surface area contributed by atoms with Crippen molar-refractivity contribution in [1.29, 1.82) is 0 Å². The lowest BCUT2D eigenvalue weighted by atomic mass is 9.86. The molecule has 3 amide bonds. The number of esters is 1. The van der Waals surface area contributed by atoms with Gasteiger partial charge in [0.2, 0.25) is 5.91 Å². The van der Waals surface area contributed by atoms with Crippen LogP contribution < -0.4 is 10.6 Å².